The largest absolute Gasteiger partial charge is 0.318 e. The van der Waals surface area contributed by atoms with Crippen LogP contribution in [0.2, 0.25) is 10.0 Å². The number of sulfone groups is 1. The molecule has 0 radical (unpaired) electrons. The van der Waals surface area contributed by atoms with E-state index in [0.717, 1.165) is 5.56 Å². The third-order valence-electron chi connectivity index (χ3n) is 3.52. The number of Topliss-reactive ketones (excluding diaryl/α,β-unsaturated/α-hetero) is 2. The molecule has 2 aromatic rings. The molecule has 0 aliphatic rings. The van der Waals surface area contributed by atoms with Crippen molar-refractivity contribution in [3.8, 4) is 0 Å². The summed E-state index contributed by atoms with van der Waals surface area (Å²) >= 11 is 11.6. The molecule has 0 bridgehead atoms. The van der Waals surface area contributed by atoms with E-state index in [2.05, 4.69) is 5.32 Å². The number of amides is 1. The lowest BCUT2D eigenvalue weighted by molar-refractivity contribution is -0.136. The second-order valence-corrected chi connectivity index (χ2v) is 8.62. The average molecular weight is 428 g/mol. The van der Waals surface area contributed by atoms with E-state index in [9.17, 15) is 22.8 Å². The van der Waals surface area contributed by atoms with Gasteiger partial charge in [-0.2, -0.15) is 0 Å². The van der Waals surface area contributed by atoms with Crippen LogP contribution in [-0.2, 0) is 24.2 Å². The normalized spacial score (nSPS) is 11.1. The lowest BCUT2D eigenvalue weighted by Crippen LogP contribution is -2.27. The summed E-state index contributed by atoms with van der Waals surface area (Å²) in [5, 5.41) is 2.73. The Kier molecular flexibility index (Phi) is 6.75. The molecule has 1 N–H and O–H groups in total. The maximum atomic E-state index is 12.2. The van der Waals surface area contributed by atoms with Crippen LogP contribution in [0.25, 0.3) is 0 Å². The molecule has 0 saturated carbocycles. The third-order valence-corrected chi connectivity index (χ3v) is 5.76. The maximum Gasteiger partial charge on any atom is 0.292 e. The SMILES string of the molecule is Cc1ccc(S(=O)(=O)CC(=O)CC(=O)C(=O)Nc2ccc(Cl)cc2Cl)cc1. The summed E-state index contributed by atoms with van der Waals surface area (Å²) in [6.07, 6.45) is -0.831. The van der Waals surface area contributed by atoms with Crippen molar-refractivity contribution in [2.75, 3.05) is 11.1 Å². The topological polar surface area (TPSA) is 97.4 Å². The highest BCUT2D eigenvalue weighted by molar-refractivity contribution is 7.92. The summed E-state index contributed by atoms with van der Waals surface area (Å²) in [4.78, 5) is 35.7. The minimum atomic E-state index is -3.89. The summed E-state index contributed by atoms with van der Waals surface area (Å²) in [7, 11) is -3.89. The van der Waals surface area contributed by atoms with Crippen LogP contribution in [0, 0.1) is 6.92 Å². The minimum absolute atomic E-state index is 0.0219. The fourth-order valence-electron chi connectivity index (χ4n) is 2.13. The van der Waals surface area contributed by atoms with E-state index in [1.54, 1.807) is 19.1 Å². The van der Waals surface area contributed by atoms with E-state index in [0.29, 0.717) is 5.02 Å². The average Bonchev–Trinajstić information content (AvgIpc) is 2.57. The molecule has 9 heteroatoms. The molecule has 0 heterocycles. The van der Waals surface area contributed by atoms with Gasteiger partial charge in [-0.3, -0.25) is 14.4 Å². The number of hydrogen-bond donors (Lipinski definition) is 1. The lowest BCUT2D eigenvalue weighted by Gasteiger charge is -2.07. The Balaban J connectivity index is 1.99. The second kappa shape index (κ2) is 8.65. The van der Waals surface area contributed by atoms with Gasteiger partial charge in [-0.05, 0) is 37.3 Å². The number of halogens is 2. The van der Waals surface area contributed by atoms with Gasteiger partial charge in [0.05, 0.1) is 22.0 Å². The van der Waals surface area contributed by atoms with Crippen LogP contribution in [0.3, 0.4) is 0 Å². The van der Waals surface area contributed by atoms with E-state index in [1.807, 2.05) is 0 Å². The molecular weight excluding hydrogens is 413 g/mol. The van der Waals surface area contributed by atoms with Gasteiger partial charge < -0.3 is 5.32 Å². The Hall–Kier alpha value is -2.22. The number of rotatable bonds is 7. The first-order valence-corrected chi connectivity index (χ1v) is 10.1. The van der Waals surface area contributed by atoms with Gasteiger partial charge in [-0.25, -0.2) is 8.42 Å². The highest BCUT2D eigenvalue weighted by Crippen LogP contribution is 2.25. The van der Waals surface area contributed by atoms with Gasteiger partial charge in [-0.1, -0.05) is 40.9 Å². The zero-order valence-corrected chi connectivity index (χ0v) is 16.5. The maximum absolute atomic E-state index is 12.2. The Morgan fingerprint density at radius 1 is 1.00 bits per heavy atom. The predicted molar refractivity (Wildman–Crippen MR) is 103 cm³/mol. The van der Waals surface area contributed by atoms with Crippen LogP contribution in [0.4, 0.5) is 5.69 Å². The first kappa shape index (κ1) is 21.1. The molecule has 0 aliphatic heterocycles. The van der Waals surface area contributed by atoms with Gasteiger partial charge in [0, 0.05) is 5.02 Å². The fraction of sp³-hybridized carbons (Fsp3) is 0.167. The van der Waals surface area contributed by atoms with Gasteiger partial charge in [0.1, 0.15) is 5.75 Å². The quantitative estimate of drug-likeness (QED) is 0.540. The number of hydrogen-bond acceptors (Lipinski definition) is 5. The molecule has 2 aromatic carbocycles. The van der Waals surface area contributed by atoms with Crippen LogP contribution in [0.5, 0.6) is 0 Å². The first-order valence-electron chi connectivity index (χ1n) is 7.69. The number of carbonyl (C=O) groups is 3. The molecule has 0 saturated heterocycles. The van der Waals surface area contributed by atoms with E-state index in [-0.39, 0.29) is 15.6 Å². The van der Waals surface area contributed by atoms with E-state index < -0.39 is 39.5 Å². The monoisotopic (exact) mass is 427 g/mol. The van der Waals surface area contributed by atoms with Crippen molar-refractivity contribution in [3.63, 3.8) is 0 Å². The molecule has 0 unspecified atom stereocenters. The van der Waals surface area contributed by atoms with Crippen molar-refractivity contribution < 1.29 is 22.8 Å². The number of ketones is 2. The highest BCUT2D eigenvalue weighted by atomic mass is 35.5. The van der Waals surface area contributed by atoms with Gasteiger partial charge >= 0.3 is 0 Å². The summed E-state index contributed by atoms with van der Waals surface area (Å²) in [6.45, 7) is 1.80. The van der Waals surface area contributed by atoms with Crippen molar-refractivity contribution in [2.45, 2.75) is 18.2 Å². The Labute approximate surface area is 166 Å². The zero-order valence-electron chi connectivity index (χ0n) is 14.2. The molecule has 0 spiro atoms. The fourth-order valence-corrected chi connectivity index (χ4v) is 3.83. The number of anilines is 1. The van der Waals surface area contributed by atoms with Crippen molar-refractivity contribution in [1.29, 1.82) is 0 Å². The molecule has 1 amide bonds. The Morgan fingerprint density at radius 3 is 2.22 bits per heavy atom. The third kappa shape index (κ3) is 5.89. The van der Waals surface area contributed by atoms with Gasteiger partial charge in [-0.15, -0.1) is 0 Å². The van der Waals surface area contributed by atoms with Crippen LogP contribution >= 0.6 is 23.2 Å². The molecule has 27 heavy (non-hydrogen) atoms. The number of nitrogens with one attached hydrogen (secondary N) is 1. The zero-order chi connectivity index (χ0) is 20.2. The van der Waals surface area contributed by atoms with Gasteiger partial charge in [0.25, 0.3) is 5.91 Å². The smallest absolute Gasteiger partial charge is 0.292 e. The summed E-state index contributed by atoms with van der Waals surface area (Å²) in [5.74, 6) is -3.88. The molecule has 0 aliphatic carbocycles. The van der Waals surface area contributed by atoms with Gasteiger partial charge in [0.15, 0.2) is 15.6 Å². The highest BCUT2D eigenvalue weighted by Gasteiger charge is 2.24. The Bertz CT molecular complexity index is 1000. The molecule has 2 rings (SSSR count). The standard InChI is InChI=1S/C18H15Cl2NO5S/c1-11-2-5-14(6-3-11)27(25,26)10-13(22)9-17(23)18(24)21-16-7-4-12(19)8-15(16)20/h2-8H,9-10H2,1H3,(H,21,24). The molecule has 142 valence electrons. The number of aryl methyl sites for hydroxylation is 1. The van der Waals surface area contributed by atoms with Crippen molar-refractivity contribution >= 4 is 56.2 Å². The summed E-state index contributed by atoms with van der Waals surface area (Å²) < 4.78 is 24.4. The minimum Gasteiger partial charge on any atom is -0.318 e. The lowest BCUT2D eigenvalue weighted by atomic mass is 10.2. The van der Waals surface area contributed by atoms with Gasteiger partial charge in [0.2, 0.25) is 5.78 Å². The predicted octanol–water partition coefficient (Wildman–Crippen LogP) is 3.24. The summed E-state index contributed by atoms with van der Waals surface area (Å²) in [6, 6.07) is 10.2. The van der Waals surface area contributed by atoms with E-state index in [4.69, 9.17) is 23.2 Å². The van der Waals surface area contributed by atoms with Crippen LogP contribution < -0.4 is 5.32 Å². The number of benzene rings is 2. The number of carbonyl (C=O) groups excluding carboxylic acids is 3. The first-order chi connectivity index (χ1) is 12.6. The molecule has 0 fully saturated rings. The second-order valence-electron chi connectivity index (χ2n) is 5.79. The van der Waals surface area contributed by atoms with Crippen molar-refractivity contribution in [3.05, 3.63) is 58.1 Å². The van der Waals surface area contributed by atoms with Crippen molar-refractivity contribution in [1.82, 2.24) is 0 Å². The summed E-state index contributed by atoms with van der Waals surface area (Å²) in [5.41, 5.74) is 1.02. The van der Waals surface area contributed by atoms with E-state index >= 15 is 0 Å². The van der Waals surface area contributed by atoms with E-state index in [1.165, 1.54) is 30.3 Å². The molecule has 6 nitrogen and oxygen atoms in total. The van der Waals surface area contributed by atoms with Crippen LogP contribution in [-0.4, -0.2) is 31.6 Å². The molecule has 0 atom stereocenters. The van der Waals surface area contributed by atoms with Crippen LogP contribution in [0.15, 0.2) is 47.4 Å². The molecule has 0 aromatic heterocycles. The van der Waals surface area contributed by atoms with Crippen molar-refractivity contribution in [2.24, 2.45) is 0 Å². The Morgan fingerprint density at radius 2 is 1.63 bits per heavy atom. The van der Waals surface area contributed by atoms with Crippen LogP contribution in [0.1, 0.15) is 12.0 Å². The molecular formula is C18H15Cl2NO5S.